The maximum absolute atomic E-state index is 12.7. The number of hydrogen-bond donors (Lipinski definition) is 2. The van der Waals surface area contributed by atoms with E-state index < -0.39 is 47.7 Å². The minimum Gasteiger partial charge on any atom is -0.368 e. The van der Waals surface area contributed by atoms with E-state index in [1.807, 2.05) is 31.2 Å². The van der Waals surface area contributed by atoms with Gasteiger partial charge in [-0.1, -0.05) is 29.8 Å². The van der Waals surface area contributed by atoms with Gasteiger partial charge in [-0.05, 0) is 19.4 Å². The molecule has 3 N–H and O–H groups in total. The smallest absolute Gasteiger partial charge is 0.318 e. The molecular formula is C18H22N4O4. The van der Waals surface area contributed by atoms with Crippen molar-refractivity contribution < 1.29 is 19.2 Å². The Morgan fingerprint density at radius 2 is 1.69 bits per heavy atom. The molecule has 0 aliphatic carbocycles. The number of rotatable bonds is 3. The first-order valence-electron chi connectivity index (χ1n) is 8.53. The standard InChI is InChI=1S/C18H22N4O4/c1-4-20-18(26)22-13(10-7-5-9(2)6-8-10)11-12(14(22)15(19)23)17(25)21(3)16(11)24/h5-8,11-14H,4H2,1-3H3,(H2,19,23)(H,20,26). The van der Waals surface area contributed by atoms with Gasteiger partial charge in [0.1, 0.15) is 6.04 Å². The van der Waals surface area contributed by atoms with Crippen molar-refractivity contribution in [1.29, 1.82) is 0 Å². The summed E-state index contributed by atoms with van der Waals surface area (Å²) in [6.45, 7) is 4.02. The molecule has 2 saturated heterocycles. The van der Waals surface area contributed by atoms with Crippen LogP contribution in [0.4, 0.5) is 4.79 Å². The monoisotopic (exact) mass is 358 g/mol. The van der Waals surface area contributed by atoms with Crippen molar-refractivity contribution in [3.63, 3.8) is 0 Å². The number of carbonyl (C=O) groups is 4. The van der Waals surface area contributed by atoms with Crippen LogP contribution in [0.3, 0.4) is 0 Å². The Labute approximate surface area is 151 Å². The Hall–Kier alpha value is -2.90. The van der Waals surface area contributed by atoms with Gasteiger partial charge < -0.3 is 16.0 Å². The van der Waals surface area contributed by atoms with E-state index in [0.717, 1.165) is 10.5 Å². The quantitative estimate of drug-likeness (QED) is 0.750. The van der Waals surface area contributed by atoms with E-state index >= 15 is 0 Å². The van der Waals surface area contributed by atoms with E-state index in [0.29, 0.717) is 12.1 Å². The van der Waals surface area contributed by atoms with Gasteiger partial charge in [0.25, 0.3) is 0 Å². The highest BCUT2D eigenvalue weighted by Crippen LogP contribution is 2.49. The molecule has 8 heteroatoms. The molecule has 2 heterocycles. The predicted octanol–water partition coefficient (Wildman–Crippen LogP) is 0.166. The van der Waals surface area contributed by atoms with Crippen LogP contribution in [0.2, 0.25) is 0 Å². The van der Waals surface area contributed by atoms with Crippen LogP contribution in [0, 0.1) is 18.8 Å². The topological polar surface area (TPSA) is 113 Å². The molecule has 2 aliphatic rings. The maximum atomic E-state index is 12.7. The summed E-state index contributed by atoms with van der Waals surface area (Å²) in [4.78, 5) is 52.5. The third kappa shape index (κ3) is 2.53. The summed E-state index contributed by atoms with van der Waals surface area (Å²) >= 11 is 0. The van der Waals surface area contributed by atoms with Gasteiger partial charge in [0, 0.05) is 13.6 Å². The first-order valence-corrected chi connectivity index (χ1v) is 8.53. The number of likely N-dealkylation sites (tertiary alicyclic amines) is 2. The van der Waals surface area contributed by atoms with Gasteiger partial charge in [0.15, 0.2) is 0 Å². The number of amides is 5. The lowest BCUT2D eigenvalue weighted by atomic mass is 9.86. The molecule has 0 bridgehead atoms. The van der Waals surface area contributed by atoms with Crippen LogP contribution in [0.25, 0.3) is 0 Å². The van der Waals surface area contributed by atoms with Gasteiger partial charge in [-0.2, -0.15) is 0 Å². The fourth-order valence-electron chi connectivity index (χ4n) is 3.99. The van der Waals surface area contributed by atoms with Gasteiger partial charge in [-0.25, -0.2) is 4.79 Å². The lowest BCUT2D eigenvalue weighted by Gasteiger charge is -2.32. The van der Waals surface area contributed by atoms with Crippen LogP contribution in [-0.2, 0) is 14.4 Å². The SMILES string of the molecule is CCNC(=O)N1C(C(N)=O)C2C(=O)N(C)C(=O)C2C1c1ccc(C)cc1. The Morgan fingerprint density at radius 3 is 2.23 bits per heavy atom. The number of nitrogens with one attached hydrogen (secondary N) is 1. The molecule has 0 aromatic heterocycles. The third-order valence-electron chi connectivity index (χ3n) is 5.17. The lowest BCUT2D eigenvalue weighted by molar-refractivity contribution is -0.141. The van der Waals surface area contributed by atoms with Crippen molar-refractivity contribution >= 4 is 23.8 Å². The van der Waals surface area contributed by atoms with E-state index in [4.69, 9.17) is 5.73 Å². The van der Waals surface area contributed by atoms with Gasteiger partial charge in [-0.15, -0.1) is 0 Å². The average molecular weight is 358 g/mol. The molecule has 138 valence electrons. The van der Waals surface area contributed by atoms with Crippen molar-refractivity contribution in [2.24, 2.45) is 17.6 Å². The summed E-state index contributed by atoms with van der Waals surface area (Å²) in [5.41, 5.74) is 7.26. The number of nitrogens with zero attached hydrogens (tertiary/aromatic N) is 2. The van der Waals surface area contributed by atoms with Crippen LogP contribution >= 0.6 is 0 Å². The molecule has 1 aromatic rings. The number of primary amides is 1. The van der Waals surface area contributed by atoms with Crippen LogP contribution < -0.4 is 11.1 Å². The number of urea groups is 1. The van der Waals surface area contributed by atoms with Crippen LogP contribution in [0.5, 0.6) is 0 Å². The van der Waals surface area contributed by atoms with Gasteiger partial charge in [-0.3, -0.25) is 19.3 Å². The normalized spacial score (nSPS) is 27.7. The predicted molar refractivity (Wildman–Crippen MR) is 92.6 cm³/mol. The second-order valence-electron chi connectivity index (χ2n) is 6.73. The molecule has 2 aliphatic heterocycles. The third-order valence-corrected chi connectivity index (χ3v) is 5.17. The van der Waals surface area contributed by atoms with Crippen LogP contribution in [0.1, 0.15) is 24.1 Å². The van der Waals surface area contributed by atoms with E-state index in [-0.39, 0.29) is 0 Å². The molecule has 4 atom stereocenters. The van der Waals surface area contributed by atoms with Crippen molar-refractivity contribution in [1.82, 2.24) is 15.1 Å². The minimum atomic E-state index is -1.17. The highest BCUT2D eigenvalue weighted by molar-refractivity contribution is 6.09. The van der Waals surface area contributed by atoms with Crippen molar-refractivity contribution in [3.8, 4) is 0 Å². The molecule has 0 spiro atoms. The molecule has 0 saturated carbocycles. The molecule has 4 unspecified atom stereocenters. The second kappa shape index (κ2) is 6.44. The van der Waals surface area contributed by atoms with Crippen molar-refractivity contribution in [2.45, 2.75) is 25.9 Å². The zero-order valence-electron chi connectivity index (χ0n) is 14.9. The molecular weight excluding hydrogens is 336 g/mol. The summed E-state index contributed by atoms with van der Waals surface area (Å²) in [5.74, 6) is -3.46. The number of carbonyl (C=O) groups excluding carboxylic acids is 4. The first-order chi connectivity index (χ1) is 12.3. The summed E-state index contributed by atoms with van der Waals surface area (Å²) in [5, 5.41) is 2.66. The molecule has 8 nitrogen and oxygen atoms in total. The zero-order valence-corrected chi connectivity index (χ0v) is 14.9. The van der Waals surface area contributed by atoms with Crippen LogP contribution in [0.15, 0.2) is 24.3 Å². The number of nitrogens with two attached hydrogens (primary N) is 1. The van der Waals surface area contributed by atoms with Gasteiger partial charge in [0.2, 0.25) is 17.7 Å². The van der Waals surface area contributed by atoms with Crippen molar-refractivity contribution in [2.75, 3.05) is 13.6 Å². The lowest BCUT2D eigenvalue weighted by Crippen LogP contribution is -2.53. The Balaban J connectivity index is 2.16. The minimum absolute atomic E-state index is 0.346. The molecule has 26 heavy (non-hydrogen) atoms. The van der Waals surface area contributed by atoms with E-state index in [9.17, 15) is 19.2 Å². The second-order valence-corrected chi connectivity index (χ2v) is 6.73. The molecule has 5 amide bonds. The molecule has 0 radical (unpaired) electrons. The number of hydrogen-bond acceptors (Lipinski definition) is 4. The maximum Gasteiger partial charge on any atom is 0.318 e. The Kier molecular flexibility index (Phi) is 4.43. The first kappa shape index (κ1) is 17.9. The number of benzene rings is 1. The van der Waals surface area contributed by atoms with Crippen LogP contribution in [-0.4, -0.2) is 53.2 Å². The van der Waals surface area contributed by atoms with E-state index in [2.05, 4.69) is 5.32 Å². The summed E-state index contributed by atoms with van der Waals surface area (Å²) in [6.07, 6.45) is 0. The Morgan fingerprint density at radius 1 is 1.12 bits per heavy atom. The van der Waals surface area contributed by atoms with E-state index in [1.165, 1.54) is 11.9 Å². The van der Waals surface area contributed by atoms with Gasteiger partial charge >= 0.3 is 6.03 Å². The summed E-state index contributed by atoms with van der Waals surface area (Å²) in [7, 11) is 1.39. The highest BCUT2D eigenvalue weighted by Gasteiger charge is 2.64. The number of fused-ring (bicyclic) bond motifs is 1. The highest BCUT2D eigenvalue weighted by atomic mass is 16.2. The number of aryl methyl sites for hydroxylation is 1. The summed E-state index contributed by atoms with van der Waals surface area (Å²) in [6, 6.07) is 4.93. The zero-order chi connectivity index (χ0) is 19.2. The molecule has 3 rings (SSSR count). The Bertz CT molecular complexity index is 776. The largest absolute Gasteiger partial charge is 0.368 e. The summed E-state index contributed by atoms with van der Waals surface area (Å²) < 4.78 is 0. The van der Waals surface area contributed by atoms with E-state index in [1.54, 1.807) is 6.92 Å². The fourth-order valence-corrected chi connectivity index (χ4v) is 3.99. The molecule has 1 aromatic carbocycles. The average Bonchev–Trinajstić information content (AvgIpc) is 3.06. The molecule has 2 fully saturated rings. The number of imide groups is 1. The van der Waals surface area contributed by atoms with Gasteiger partial charge in [0.05, 0.1) is 17.9 Å². The van der Waals surface area contributed by atoms with Crippen molar-refractivity contribution in [3.05, 3.63) is 35.4 Å². The fraction of sp³-hybridized carbons (Fsp3) is 0.444.